The first kappa shape index (κ1) is 16.8. The van der Waals surface area contributed by atoms with Gasteiger partial charge >= 0.3 is 5.97 Å². The van der Waals surface area contributed by atoms with Gasteiger partial charge in [0.1, 0.15) is 6.07 Å². The third kappa shape index (κ3) is 4.96. The minimum absolute atomic E-state index is 0.196. The molecule has 0 spiro atoms. The number of nitrogens with zero attached hydrogens (tertiary/aromatic N) is 2. The molecule has 4 heteroatoms. The molecule has 0 heterocycles. The van der Waals surface area contributed by atoms with Crippen LogP contribution in [-0.2, 0) is 9.53 Å². The first-order valence-corrected chi connectivity index (χ1v) is 7.19. The van der Waals surface area contributed by atoms with Crippen LogP contribution in [-0.4, -0.2) is 25.2 Å². The number of hydrogen-bond acceptors (Lipinski definition) is 4. The van der Waals surface area contributed by atoms with Gasteiger partial charge in [-0.3, -0.25) is 0 Å². The van der Waals surface area contributed by atoms with Gasteiger partial charge in [0.25, 0.3) is 0 Å². The molecule has 0 amide bonds. The summed E-state index contributed by atoms with van der Waals surface area (Å²) in [6.45, 7) is 9.60. The number of anilines is 1. The molecule has 1 rings (SSSR count). The molecular weight excluding hydrogens is 264 g/mol. The van der Waals surface area contributed by atoms with E-state index < -0.39 is 5.97 Å². The second-order valence-electron chi connectivity index (χ2n) is 4.87. The SMILES string of the molecule is CCN(CC)c1ccc(C(C#N)=CC(=O)OC(C)C)cc1. The predicted molar refractivity (Wildman–Crippen MR) is 84.8 cm³/mol. The average molecular weight is 286 g/mol. The van der Waals surface area contributed by atoms with Crippen LogP contribution in [0.5, 0.6) is 0 Å². The summed E-state index contributed by atoms with van der Waals surface area (Å²) >= 11 is 0. The van der Waals surface area contributed by atoms with Crippen molar-refractivity contribution in [2.24, 2.45) is 0 Å². The van der Waals surface area contributed by atoms with E-state index in [1.165, 1.54) is 6.08 Å². The minimum Gasteiger partial charge on any atom is -0.460 e. The van der Waals surface area contributed by atoms with Crippen molar-refractivity contribution >= 4 is 17.2 Å². The maximum atomic E-state index is 11.6. The highest BCUT2D eigenvalue weighted by Crippen LogP contribution is 2.20. The van der Waals surface area contributed by atoms with Crippen LogP contribution in [0.15, 0.2) is 30.3 Å². The lowest BCUT2D eigenvalue weighted by atomic mass is 10.1. The van der Waals surface area contributed by atoms with Gasteiger partial charge in [0.2, 0.25) is 0 Å². The zero-order valence-corrected chi connectivity index (χ0v) is 13.1. The quantitative estimate of drug-likeness (QED) is 0.457. The van der Waals surface area contributed by atoms with Crippen molar-refractivity contribution < 1.29 is 9.53 Å². The Bertz CT molecular complexity index is 535. The van der Waals surface area contributed by atoms with E-state index in [1.54, 1.807) is 13.8 Å². The molecule has 0 unspecified atom stereocenters. The number of carbonyl (C=O) groups excluding carboxylic acids is 1. The lowest BCUT2D eigenvalue weighted by Crippen LogP contribution is -2.21. The summed E-state index contributed by atoms with van der Waals surface area (Å²) in [4.78, 5) is 13.8. The molecule has 0 saturated carbocycles. The molecule has 0 aliphatic carbocycles. The van der Waals surface area contributed by atoms with E-state index in [-0.39, 0.29) is 6.10 Å². The maximum Gasteiger partial charge on any atom is 0.332 e. The molecule has 0 radical (unpaired) electrons. The molecule has 0 aliphatic heterocycles. The number of esters is 1. The number of ether oxygens (including phenoxy) is 1. The van der Waals surface area contributed by atoms with Crippen molar-refractivity contribution in [3.05, 3.63) is 35.9 Å². The molecular formula is C17H22N2O2. The first-order valence-electron chi connectivity index (χ1n) is 7.19. The van der Waals surface area contributed by atoms with Gasteiger partial charge in [0.15, 0.2) is 0 Å². The van der Waals surface area contributed by atoms with Crippen LogP contribution in [0.3, 0.4) is 0 Å². The normalized spacial score (nSPS) is 11.1. The van der Waals surface area contributed by atoms with E-state index in [9.17, 15) is 10.1 Å². The average Bonchev–Trinajstić information content (AvgIpc) is 2.46. The molecule has 0 N–H and O–H groups in total. The molecule has 0 saturated heterocycles. The van der Waals surface area contributed by atoms with E-state index in [1.807, 2.05) is 30.3 Å². The summed E-state index contributed by atoms with van der Waals surface area (Å²) in [5.41, 5.74) is 2.13. The lowest BCUT2D eigenvalue weighted by Gasteiger charge is -2.21. The standard InChI is InChI=1S/C17H22N2O2/c1-5-19(6-2)16-9-7-14(8-10-16)15(12-18)11-17(20)21-13(3)4/h7-11,13H,5-6H2,1-4H3. The van der Waals surface area contributed by atoms with Gasteiger partial charge in [-0.25, -0.2) is 4.79 Å². The van der Waals surface area contributed by atoms with Crippen molar-refractivity contribution in [1.29, 1.82) is 5.26 Å². The monoisotopic (exact) mass is 286 g/mol. The van der Waals surface area contributed by atoms with Crippen molar-refractivity contribution in [2.45, 2.75) is 33.8 Å². The molecule has 0 aliphatic rings. The third-order valence-electron chi connectivity index (χ3n) is 3.04. The number of benzene rings is 1. The number of nitriles is 1. The molecule has 112 valence electrons. The van der Waals surface area contributed by atoms with Gasteiger partial charge in [-0.15, -0.1) is 0 Å². The highest BCUT2D eigenvalue weighted by atomic mass is 16.5. The third-order valence-corrected chi connectivity index (χ3v) is 3.04. The van der Waals surface area contributed by atoms with Crippen LogP contribution in [0.2, 0.25) is 0 Å². The Hall–Kier alpha value is -2.28. The number of hydrogen-bond donors (Lipinski definition) is 0. The summed E-state index contributed by atoms with van der Waals surface area (Å²) in [5.74, 6) is -0.491. The van der Waals surface area contributed by atoms with Crippen LogP contribution in [0.1, 0.15) is 33.3 Å². The van der Waals surface area contributed by atoms with E-state index in [2.05, 4.69) is 18.7 Å². The largest absolute Gasteiger partial charge is 0.460 e. The number of allylic oxidation sites excluding steroid dienone is 1. The molecule has 4 nitrogen and oxygen atoms in total. The van der Waals surface area contributed by atoms with Crippen LogP contribution < -0.4 is 4.90 Å². The topological polar surface area (TPSA) is 53.3 Å². The van der Waals surface area contributed by atoms with Crippen molar-refractivity contribution in [3.8, 4) is 6.07 Å². The smallest absolute Gasteiger partial charge is 0.332 e. The van der Waals surface area contributed by atoms with Crippen LogP contribution in [0.25, 0.3) is 5.57 Å². The Labute approximate surface area is 126 Å². The fraction of sp³-hybridized carbons (Fsp3) is 0.412. The summed E-state index contributed by atoms with van der Waals surface area (Å²) in [6, 6.07) is 9.67. The van der Waals surface area contributed by atoms with Crippen molar-refractivity contribution in [1.82, 2.24) is 0 Å². The van der Waals surface area contributed by atoms with Crippen LogP contribution in [0.4, 0.5) is 5.69 Å². The first-order chi connectivity index (χ1) is 10.0. The number of carbonyl (C=O) groups is 1. The molecule has 0 fully saturated rings. The van der Waals surface area contributed by atoms with E-state index in [0.29, 0.717) is 11.1 Å². The maximum absolute atomic E-state index is 11.6. The Balaban J connectivity index is 2.95. The van der Waals surface area contributed by atoms with E-state index in [0.717, 1.165) is 18.8 Å². The number of rotatable bonds is 6. The summed E-state index contributed by atoms with van der Waals surface area (Å²) in [5, 5.41) is 9.20. The zero-order valence-electron chi connectivity index (χ0n) is 13.1. The van der Waals surface area contributed by atoms with Crippen molar-refractivity contribution in [3.63, 3.8) is 0 Å². The molecule has 21 heavy (non-hydrogen) atoms. The highest BCUT2D eigenvalue weighted by molar-refractivity contribution is 5.95. The van der Waals surface area contributed by atoms with Gasteiger partial charge in [0.05, 0.1) is 11.7 Å². The predicted octanol–water partition coefficient (Wildman–Crippen LogP) is 3.39. The summed E-state index contributed by atoms with van der Waals surface area (Å²) < 4.78 is 5.03. The van der Waals surface area contributed by atoms with Gasteiger partial charge in [-0.1, -0.05) is 12.1 Å². The minimum atomic E-state index is -0.491. The Kier molecular flexibility index (Phi) is 6.48. The van der Waals surface area contributed by atoms with E-state index >= 15 is 0 Å². The molecule has 1 aromatic carbocycles. The zero-order chi connectivity index (χ0) is 15.8. The van der Waals surface area contributed by atoms with Gasteiger partial charge in [-0.05, 0) is 45.4 Å². The Morgan fingerprint density at radius 2 is 1.86 bits per heavy atom. The Morgan fingerprint density at radius 3 is 2.29 bits per heavy atom. The summed E-state index contributed by atoms with van der Waals surface area (Å²) in [6.07, 6.45) is 1.05. The second-order valence-corrected chi connectivity index (χ2v) is 4.87. The van der Waals surface area contributed by atoms with Gasteiger partial charge in [0, 0.05) is 24.9 Å². The lowest BCUT2D eigenvalue weighted by molar-refractivity contribution is -0.141. The van der Waals surface area contributed by atoms with E-state index in [4.69, 9.17) is 4.74 Å². The fourth-order valence-corrected chi connectivity index (χ4v) is 2.00. The van der Waals surface area contributed by atoms with Gasteiger partial charge in [-0.2, -0.15) is 5.26 Å². The fourth-order valence-electron chi connectivity index (χ4n) is 2.00. The van der Waals surface area contributed by atoms with Crippen molar-refractivity contribution in [2.75, 3.05) is 18.0 Å². The molecule has 0 aromatic heterocycles. The molecule has 1 aromatic rings. The van der Waals surface area contributed by atoms with Crippen LogP contribution >= 0.6 is 0 Å². The second kappa shape index (κ2) is 8.11. The molecule has 0 atom stereocenters. The van der Waals surface area contributed by atoms with Gasteiger partial charge < -0.3 is 9.64 Å². The van der Waals surface area contributed by atoms with Crippen LogP contribution in [0, 0.1) is 11.3 Å². The Morgan fingerprint density at radius 1 is 1.29 bits per heavy atom. The summed E-state index contributed by atoms with van der Waals surface area (Å²) in [7, 11) is 0. The molecule has 0 bridgehead atoms. The highest BCUT2D eigenvalue weighted by Gasteiger charge is 2.08.